The van der Waals surface area contributed by atoms with Crippen molar-refractivity contribution in [1.29, 1.82) is 0 Å². The van der Waals surface area contributed by atoms with Gasteiger partial charge >= 0.3 is 0 Å². The molecule has 1 aromatic rings. The number of carbonyl (C=O) groups excluding carboxylic acids is 1. The molecule has 0 saturated carbocycles. The lowest BCUT2D eigenvalue weighted by atomic mass is 10.3. The average Bonchev–Trinajstić information content (AvgIpc) is 2.85. The highest BCUT2D eigenvalue weighted by Gasteiger charge is 2.28. The van der Waals surface area contributed by atoms with Crippen LogP contribution in [0, 0.1) is 0 Å². The first kappa shape index (κ1) is 20.7. The Morgan fingerprint density at radius 1 is 1.29 bits per heavy atom. The summed E-state index contributed by atoms with van der Waals surface area (Å²) in [6, 6.07) is 8.99. The molecule has 0 bridgehead atoms. The topological polar surface area (TPSA) is 99.7 Å². The van der Waals surface area contributed by atoms with Crippen LogP contribution in [0.5, 0.6) is 0 Å². The number of para-hydroxylation sites is 1. The van der Waals surface area contributed by atoms with E-state index in [1.807, 2.05) is 25.1 Å². The van der Waals surface area contributed by atoms with Gasteiger partial charge in [-0.15, -0.1) is 24.0 Å². The molecule has 1 heterocycles. The number of carbonyl (C=O) groups is 1. The normalized spacial score (nSPS) is 19.2. The lowest BCUT2D eigenvalue weighted by Crippen LogP contribution is -2.44. The minimum Gasteiger partial charge on any atom is -0.357 e. The largest absolute Gasteiger partial charge is 0.357 e. The van der Waals surface area contributed by atoms with Crippen LogP contribution in [0.25, 0.3) is 0 Å². The van der Waals surface area contributed by atoms with E-state index < -0.39 is 9.84 Å². The van der Waals surface area contributed by atoms with Crippen molar-refractivity contribution >= 4 is 51.4 Å². The Morgan fingerprint density at radius 3 is 2.58 bits per heavy atom. The number of halogens is 1. The van der Waals surface area contributed by atoms with Crippen LogP contribution in [0.15, 0.2) is 35.3 Å². The first-order valence-corrected chi connectivity index (χ1v) is 9.41. The summed E-state index contributed by atoms with van der Waals surface area (Å²) in [7, 11) is -2.95. The number of nitrogens with zero attached hydrogens (tertiary/aromatic N) is 1. The molecular formula is C15H23IN4O3S. The van der Waals surface area contributed by atoms with Crippen molar-refractivity contribution in [3.05, 3.63) is 30.3 Å². The molecule has 1 aliphatic rings. The fourth-order valence-corrected chi connectivity index (χ4v) is 3.97. The van der Waals surface area contributed by atoms with Crippen molar-refractivity contribution in [3.8, 4) is 0 Å². The molecule has 1 unspecified atom stereocenters. The number of benzene rings is 1. The van der Waals surface area contributed by atoms with E-state index in [4.69, 9.17) is 0 Å². The van der Waals surface area contributed by atoms with E-state index in [0.29, 0.717) is 24.6 Å². The SMILES string of the molecule is CCNC(=NCC(=O)Nc1ccccc1)NC1CCS(=O)(=O)C1.I. The molecule has 1 amide bonds. The fraction of sp³-hybridized carbons (Fsp3) is 0.467. The van der Waals surface area contributed by atoms with Crippen LogP contribution < -0.4 is 16.0 Å². The number of nitrogens with one attached hydrogen (secondary N) is 3. The summed E-state index contributed by atoms with van der Waals surface area (Å²) in [6.07, 6.45) is 0.558. The zero-order valence-electron chi connectivity index (χ0n) is 13.5. The average molecular weight is 466 g/mol. The molecule has 3 N–H and O–H groups in total. The van der Waals surface area contributed by atoms with Gasteiger partial charge in [0.15, 0.2) is 15.8 Å². The second kappa shape index (κ2) is 9.82. The standard InChI is InChI=1S/C15H22N4O3S.HI/c1-2-16-15(19-13-8-9-23(21,22)11-13)17-10-14(20)18-12-6-4-3-5-7-12;/h3-7,13H,2,8-11H2,1H3,(H,18,20)(H2,16,17,19);1H. The van der Waals surface area contributed by atoms with Crippen LogP contribution in [0.2, 0.25) is 0 Å². The summed E-state index contributed by atoms with van der Waals surface area (Å²) >= 11 is 0. The van der Waals surface area contributed by atoms with Crippen LogP contribution in [0.1, 0.15) is 13.3 Å². The molecule has 0 aliphatic carbocycles. The van der Waals surface area contributed by atoms with E-state index >= 15 is 0 Å². The van der Waals surface area contributed by atoms with Gasteiger partial charge in [-0.05, 0) is 25.5 Å². The van der Waals surface area contributed by atoms with E-state index in [1.54, 1.807) is 12.1 Å². The molecule has 2 rings (SSSR count). The summed E-state index contributed by atoms with van der Waals surface area (Å²) < 4.78 is 23.0. The molecule has 1 fully saturated rings. The zero-order chi connectivity index (χ0) is 16.7. The summed E-state index contributed by atoms with van der Waals surface area (Å²) in [4.78, 5) is 16.1. The maximum absolute atomic E-state index is 11.9. The smallest absolute Gasteiger partial charge is 0.246 e. The first-order valence-electron chi connectivity index (χ1n) is 7.58. The van der Waals surface area contributed by atoms with Crippen molar-refractivity contribution < 1.29 is 13.2 Å². The van der Waals surface area contributed by atoms with Gasteiger partial charge in [-0.2, -0.15) is 0 Å². The molecule has 9 heteroatoms. The molecule has 0 radical (unpaired) electrons. The van der Waals surface area contributed by atoms with E-state index in [2.05, 4.69) is 20.9 Å². The monoisotopic (exact) mass is 466 g/mol. The highest BCUT2D eigenvalue weighted by atomic mass is 127. The van der Waals surface area contributed by atoms with Crippen molar-refractivity contribution in [2.75, 3.05) is 29.9 Å². The van der Waals surface area contributed by atoms with Crippen molar-refractivity contribution in [2.45, 2.75) is 19.4 Å². The predicted molar refractivity (Wildman–Crippen MR) is 107 cm³/mol. The maximum Gasteiger partial charge on any atom is 0.246 e. The van der Waals surface area contributed by atoms with Gasteiger partial charge in [0, 0.05) is 18.3 Å². The molecule has 0 spiro atoms. The third-order valence-corrected chi connectivity index (χ3v) is 5.12. The van der Waals surface area contributed by atoms with Crippen molar-refractivity contribution in [3.63, 3.8) is 0 Å². The van der Waals surface area contributed by atoms with E-state index in [9.17, 15) is 13.2 Å². The van der Waals surface area contributed by atoms with Gasteiger partial charge in [0.1, 0.15) is 6.54 Å². The van der Waals surface area contributed by atoms with Gasteiger partial charge in [0.25, 0.3) is 0 Å². The third kappa shape index (κ3) is 7.04. The maximum atomic E-state index is 11.9. The number of rotatable bonds is 5. The molecule has 1 aliphatic heterocycles. The minimum atomic E-state index is -2.95. The predicted octanol–water partition coefficient (Wildman–Crippen LogP) is 0.985. The van der Waals surface area contributed by atoms with Gasteiger partial charge in [-0.25, -0.2) is 13.4 Å². The van der Waals surface area contributed by atoms with E-state index in [1.165, 1.54) is 0 Å². The van der Waals surface area contributed by atoms with Gasteiger partial charge < -0.3 is 16.0 Å². The van der Waals surface area contributed by atoms with E-state index in [0.717, 1.165) is 0 Å². The zero-order valence-corrected chi connectivity index (χ0v) is 16.6. The molecule has 1 saturated heterocycles. The van der Waals surface area contributed by atoms with Crippen molar-refractivity contribution in [1.82, 2.24) is 10.6 Å². The first-order chi connectivity index (χ1) is 11.0. The Morgan fingerprint density at radius 2 is 2.00 bits per heavy atom. The Bertz CT molecular complexity index is 665. The van der Waals surface area contributed by atoms with Gasteiger partial charge in [-0.3, -0.25) is 4.79 Å². The van der Waals surface area contributed by atoms with E-state index in [-0.39, 0.29) is 54.0 Å². The van der Waals surface area contributed by atoms with Crippen LogP contribution in [-0.4, -0.2) is 50.9 Å². The molecule has 0 aromatic heterocycles. The Balaban J connectivity index is 0.00000288. The molecule has 7 nitrogen and oxygen atoms in total. The van der Waals surface area contributed by atoms with Gasteiger partial charge in [-0.1, -0.05) is 18.2 Å². The molecule has 134 valence electrons. The Kier molecular flexibility index (Phi) is 8.46. The number of hydrogen-bond donors (Lipinski definition) is 3. The number of amides is 1. The summed E-state index contributed by atoms with van der Waals surface area (Å²) in [5.41, 5.74) is 0.715. The molecule has 24 heavy (non-hydrogen) atoms. The Labute approximate surface area is 159 Å². The number of aliphatic imine (C=N–C) groups is 1. The van der Waals surface area contributed by atoms with Gasteiger partial charge in [0.2, 0.25) is 5.91 Å². The number of sulfone groups is 1. The second-order valence-electron chi connectivity index (χ2n) is 5.35. The Hall–Kier alpha value is -1.36. The number of guanidine groups is 1. The van der Waals surface area contributed by atoms with Crippen LogP contribution >= 0.6 is 24.0 Å². The summed E-state index contributed by atoms with van der Waals surface area (Å²) in [6.45, 7) is 2.50. The van der Waals surface area contributed by atoms with Crippen LogP contribution in [0.3, 0.4) is 0 Å². The number of anilines is 1. The highest BCUT2D eigenvalue weighted by Crippen LogP contribution is 2.11. The lowest BCUT2D eigenvalue weighted by molar-refractivity contribution is -0.114. The highest BCUT2D eigenvalue weighted by molar-refractivity contribution is 14.0. The minimum absolute atomic E-state index is 0. The number of hydrogen-bond acceptors (Lipinski definition) is 4. The molecule has 1 atom stereocenters. The van der Waals surface area contributed by atoms with Crippen LogP contribution in [-0.2, 0) is 14.6 Å². The third-order valence-electron chi connectivity index (χ3n) is 3.36. The fourth-order valence-electron chi connectivity index (χ4n) is 2.30. The summed E-state index contributed by atoms with van der Waals surface area (Å²) in [5.74, 6) is 0.525. The van der Waals surface area contributed by atoms with Gasteiger partial charge in [0.05, 0.1) is 11.5 Å². The van der Waals surface area contributed by atoms with Crippen LogP contribution in [0.4, 0.5) is 5.69 Å². The lowest BCUT2D eigenvalue weighted by Gasteiger charge is -2.15. The summed E-state index contributed by atoms with van der Waals surface area (Å²) in [5, 5.41) is 8.84. The second-order valence-corrected chi connectivity index (χ2v) is 7.58. The quantitative estimate of drug-likeness (QED) is 0.342. The molecular weight excluding hydrogens is 443 g/mol. The van der Waals surface area contributed by atoms with Crippen molar-refractivity contribution in [2.24, 2.45) is 4.99 Å². The molecule has 1 aromatic carbocycles.